The molecule has 25 heavy (non-hydrogen) atoms. The van der Waals surface area contributed by atoms with Gasteiger partial charge in [0.25, 0.3) is 0 Å². The highest BCUT2D eigenvalue weighted by Crippen LogP contribution is 2.36. The Kier molecular flexibility index (Phi) is 3.52. The van der Waals surface area contributed by atoms with Crippen LogP contribution in [0.4, 0.5) is 0 Å². The van der Waals surface area contributed by atoms with Crippen molar-refractivity contribution in [2.45, 2.75) is 11.8 Å². The van der Waals surface area contributed by atoms with E-state index in [-0.39, 0.29) is 10.8 Å². The second-order valence-electron chi connectivity index (χ2n) is 5.66. The molecule has 0 atom stereocenters. The van der Waals surface area contributed by atoms with Gasteiger partial charge in [0.1, 0.15) is 5.82 Å². The maximum Gasteiger partial charge on any atom is 0.240 e. The number of hydrogen-bond donors (Lipinski definition) is 4. The molecule has 0 saturated carbocycles. The largest absolute Gasteiger partial charge is 0.494 e. The van der Waals surface area contributed by atoms with Crippen LogP contribution in [0.2, 0.25) is 0 Å². The van der Waals surface area contributed by atoms with Crippen molar-refractivity contribution in [1.29, 1.82) is 0 Å². The van der Waals surface area contributed by atoms with Gasteiger partial charge in [-0.2, -0.15) is 0 Å². The molecule has 0 amide bonds. The van der Waals surface area contributed by atoms with Crippen molar-refractivity contribution in [1.82, 2.24) is 19.7 Å². The molecule has 0 aliphatic carbocycles. The molecule has 0 fully saturated rings. The van der Waals surface area contributed by atoms with Crippen molar-refractivity contribution in [3.63, 3.8) is 0 Å². The van der Waals surface area contributed by atoms with Crippen LogP contribution in [-0.4, -0.2) is 35.0 Å². The number of nitrogens with zero attached hydrogens (tertiary/aromatic N) is 1. The summed E-state index contributed by atoms with van der Waals surface area (Å²) in [5.41, 5.74) is 2.67. The summed E-state index contributed by atoms with van der Waals surface area (Å²) in [5.74, 6) is 0.412. The number of benzene rings is 2. The van der Waals surface area contributed by atoms with Crippen LogP contribution >= 0.6 is 0 Å². The predicted octanol–water partition coefficient (Wildman–Crippen LogP) is 2.72. The quantitative estimate of drug-likeness (QED) is 0.450. The van der Waals surface area contributed by atoms with Gasteiger partial charge in [0.05, 0.1) is 21.5 Å². The fourth-order valence-corrected chi connectivity index (χ4v) is 3.98. The molecule has 2 aromatic heterocycles. The molecule has 4 rings (SSSR count). The number of aromatic hydroxyl groups is 1. The van der Waals surface area contributed by atoms with Gasteiger partial charge in [0.2, 0.25) is 15.9 Å². The minimum atomic E-state index is -3.59. The van der Waals surface area contributed by atoms with Gasteiger partial charge in [-0.15, -0.1) is 0 Å². The van der Waals surface area contributed by atoms with E-state index in [4.69, 9.17) is 0 Å². The fourth-order valence-electron chi connectivity index (χ4n) is 2.91. The summed E-state index contributed by atoms with van der Waals surface area (Å²) >= 11 is 0. The van der Waals surface area contributed by atoms with E-state index in [2.05, 4.69) is 19.7 Å². The minimum absolute atomic E-state index is 0.0629. The lowest BCUT2D eigenvalue weighted by Crippen LogP contribution is -2.22. The van der Waals surface area contributed by atoms with Crippen LogP contribution in [0.5, 0.6) is 5.88 Å². The molecular formula is C17H16N4O3S. The third-order valence-electron chi connectivity index (χ3n) is 4.02. The van der Waals surface area contributed by atoms with Gasteiger partial charge >= 0.3 is 0 Å². The van der Waals surface area contributed by atoms with E-state index >= 15 is 0 Å². The first-order chi connectivity index (χ1) is 12.0. The summed E-state index contributed by atoms with van der Waals surface area (Å²) in [4.78, 5) is 10.6. The molecule has 7 nitrogen and oxygen atoms in total. The Labute approximate surface area is 143 Å². The van der Waals surface area contributed by atoms with Crippen LogP contribution < -0.4 is 4.72 Å². The highest BCUT2D eigenvalue weighted by atomic mass is 32.2. The Morgan fingerprint density at radius 1 is 1.12 bits per heavy atom. The van der Waals surface area contributed by atoms with Gasteiger partial charge in [-0.1, -0.05) is 19.1 Å². The number of fused-ring (bicyclic) bond motifs is 2. The molecule has 2 aromatic carbocycles. The number of aromatic amines is 2. The topological polar surface area (TPSA) is 111 Å². The first kappa shape index (κ1) is 15.7. The molecule has 4 N–H and O–H groups in total. The zero-order chi connectivity index (χ0) is 17.6. The van der Waals surface area contributed by atoms with Gasteiger partial charge in [-0.05, 0) is 30.3 Å². The molecule has 0 aliphatic rings. The Bertz CT molecular complexity index is 1160. The van der Waals surface area contributed by atoms with E-state index < -0.39 is 10.0 Å². The highest BCUT2D eigenvalue weighted by Gasteiger charge is 2.20. The second kappa shape index (κ2) is 5.61. The number of para-hydroxylation sites is 2. The van der Waals surface area contributed by atoms with E-state index in [1.165, 1.54) is 12.1 Å². The molecule has 128 valence electrons. The Balaban J connectivity index is 1.95. The summed E-state index contributed by atoms with van der Waals surface area (Å²) in [6, 6.07) is 12.2. The monoisotopic (exact) mass is 356 g/mol. The standard InChI is InChI=1S/C17H16N4O3S/c1-2-18-25(23,24)10-7-8-12-11(9-10)15(17(22)21-12)16-19-13-5-3-4-6-14(13)20-16/h3-9,18,21-22H,2H2,1H3,(H,19,20). The zero-order valence-corrected chi connectivity index (χ0v) is 14.2. The first-order valence-corrected chi connectivity index (χ1v) is 9.27. The second-order valence-corrected chi connectivity index (χ2v) is 7.43. The highest BCUT2D eigenvalue weighted by molar-refractivity contribution is 7.89. The van der Waals surface area contributed by atoms with E-state index in [0.717, 1.165) is 11.0 Å². The van der Waals surface area contributed by atoms with Crippen molar-refractivity contribution < 1.29 is 13.5 Å². The van der Waals surface area contributed by atoms with Crippen LogP contribution in [0, 0.1) is 0 Å². The Hall–Kier alpha value is -2.84. The van der Waals surface area contributed by atoms with Gasteiger partial charge in [-0.25, -0.2) is 18.1 Å². The summed E-state index contributed by atoms with van der Waals surface area (Å²) < 4.78 is 27.0. The van der Waals surface area contributed by atoms with Crippen LogP contribution in [0.1, 0.15) is 6.92 Å². The summed E-state index contributed by atoms with van der Waals surface area (Å²) in [6.45, 7) is 2.02. The van der Waals surface area contributed by atoms with Gasteiger partial charge in [-0.3, -0.25) is 0 Å². The molecule has 0 aliphatic heterocycles. The number of nitrogens with one attached hydrogen (secondary N) is 3. The summed E-state index contributed by atoms with van der Waals surface area (Å²) in [6.07, 6.45) is 0. The third-order valence-corrected chi connectivity index (χ3v) is 5.56. The lowest BCUT2D eigenvalue weighted by molar-refractivity contribution is 0.460. The smallest absolute Gasteiger partial charge is 0.240 e. The molecule has 4 aromatic rings. The molecule has 0 saturated heterocycles. The normalized spacial score (nSPS) is 12.2. The summed E-state index contributed by atoms with van der Waals surface area (Å²) in [5, 5.41) is 10.9. The number of imidazole rings is 1. The van der Waals surface area contributed by atoms with E-state index in [0.29, 0.717) is 28.8 Å². The third kappa shape index (κ3) is 2.55. The van der Waals surface area contributed by atoms with Crippen LogP contribution in [0.3, 0.4) is 0 Å². The first-order valence-electron chi connectivity index (χ1n) is 7.79. The number of hydrogen-bond acceptors (Lipinski definition) is 4. The minimum Gasteiger partial charge on any atom is -0.494 e. The maximum atomic E-state index is 12.3. The van der Waals surface area contributed by atoms with Crippen molar-refractivity contribution in [2.75, 3.05) is 6.54 Å². The lowest BCUT2D eigenvalue weighted by Gasteiger charge is -2.04. The lowest BCUT2D eigenvalue weighted by atomic mass is 10.1. The number of H-pyrrole nitrogens is 2. The molecule has 0 spiro atoms. The predicted molar refractivity (Wildman–Crippen MR) is 95.9 cm³/mol. The van der Waals surface area contributed by atoms with Gasteiger partial charge < -0.3 is 15.1 Å². The van der Waals surface area contributed by atoms with Crippen molar-refractivity contribution in [2.24, 2.45) is 0 Å². The average Bonchev–Trinajstić information content (AvgIpc) is 3.13. The van der Waals surface area contributed by atoms with Gasteiger partial charge in [0, 0.05) is 17.4 Å². The average molecular weight is 356 g/mol. The van der Waals surface area contributed by atoms with E-state index in [1.54, 1.807) is 13.0 Å². The number of aromatic nitrogens is 3. The van der Waals surface area contributed by atoms with Crippen molar-refractivity contribution in [3.05, 3.63) is 42.5 Å². The molecule has 0 radical (unpaired) electrons. The molecule has 2 heterocycles. The van der Waals surface area contributed by atoms with Crippen molar-refractivity contribution >= 4 is 32.0 Å². The fraction of sp³-hybridized carbons (Fsp3) is 0.118. The number of sulfonamides is 1. The Morgan fingerprint density at radius 2 is 1.92 bits per heavy atom. The van der Waals surface area contributed by atoms with Crippen LogP contribution in [0.15, 0.2) is 47.4 Å². The zero-order valence-electron chi connectivity index (χ0n) is 13.4. The summed E-state index contributed by atoms with van der Waals surface area (Å²) in [7, 11) is -3.59. The van der Waals surface area contributed by atoms with Crippen molar-refractivity contribution in [3.8, 4) is 17.3 Å². The van der Waals surface area contributed by atoms with E-state index in [9.17, 15) is 13.5 Å². The molecular weight excluding hydrogens is 340 g/mol. The van der Waals surface area contributed by atoms with Crippen LogP contribution in [-0.2, 0) is 10.0 Å². The number of rotatable bonds is 4. The van der Waals surface area contributed by atoms with E-state index in [1.807, 2.05) is 24.3 Å². The molecule has 8 heteroatoms. The molecule has 0 bridgehead atoms. The SMILES string of the molecule is CCNS(=O)(=O)c1ccc2[nH]c(O)c(-c3nc4ccccc4[nH]3)c2c1. The van der Waals surface area contributed by atoms with Gasteiger partial charge in [0.15, 0.2) is 0 Å². The van der Waals surface area contributed by atoms with Crippen LogP contribution in [0.25, 0.3) is 33.3 Å². The maximum absolute atomic E-state index is 12.3. The molecule has 0 unspecified atom stereocenters. The Morgan fingerprint density at radius 3 is 2.68 bits per heavy atom.